The number of aryl methyl sites for hydroxylation is 2. The van der Waals surface area contributed by atoms with Gasteiger partial charge in [0, 0.05) is 29.4 Å². The predicted molar refractivity (Wildman–Crippen MR) is 108 cm³/mol. The minimum atomic E-state index is -0.201. The minimum Gasteiger partial charge on any atom is -0.319 e. The number of halogens is 1. The Hall–Kier alpha value is -2.86. The largest absolute Gasteiger partial charge is 0.319 e. The van der Waals surface area contributed by atoms with Crippen LogP contribution in [0.3, 0.4) is 0 Å². The molecule has 0 fully saturated rings. The summed E-state index contributed by atoms with van der Waals surface area (Å²) in [5, 5.41) is 12.3. The number of carbonyl (C=O) groups is 1. The van der Waals surface area contributed by atoms with Gasteiger partial charge in [0.25, 0.3) is 0 Å². The van der Waals surface area contributed by atoms with E-state index in [1.807, 2.05) is 60.6 Å². The van der Waals surface area contributed by atoms with Crippen LogP contribution in [0, 0.1) is 13.8 Å². The van der Waals surface area contributed by atoms with Crippen LogP contribution in [0.25, 0.3) is 6.08 Å². The van der Waals surface area contributed by atoms with Gasteiger partial charge in [0.05, 0.1) is 29.8 Å². The first-order valence-electron chi connectivity index (χ1n) is 8.76. The third-order valence-electron chi connectivity index (χ3n) is 4.26. The van der Waals surface area contributed by atoms with Gasteiger partial charge in [-0.15, -0.1) is 0 Å². The average molecular weight is 384 g/mol. The zero-order valence-electron chi connectivity index (χ0n) is 15.6. The average Bonchev–Trinajstić information content (AvgIpc) is 3.20. The standard InChI is InChI=1S/C20H22ClN5O/c1-4-25-12-17(11-22-25)8-9-19(27)23-20-14(2)24-26(15(20)3)13-16-6-5-7-18(21)10-16/h5-12H,4,13H2,1-3H3,(H,23,27)/b9-8+. The first-order chi connectivity index (χ1) is 13.0. The van der Waals surface area contributed by atoms with Crippen molar-refractivity contribution in [1.29, 1.82) is 0 Å². The molecule has 0 atom stereocenters. The highest BCUT2D eigenvalue weighted by Gasteiger charge is 2.13. The van der Waals surface area contributed by atoms with Crippen LogP contribution in [0.4, 0.5) is 5.69 Å². The second-order valence-corrected chi connectivity index (χ2v) is 6.72. The zero-order chi connectivity index (χ0) is 19.4. The summed E-state index contributed by atoms with van der Waals surface area (Å²) in [5.41, 5.74) is 4.34. The van der Waals surface area contributed by atoms with Crippen molar-refractivity contribution in [2.45, 2.75) is 33.9 Å². The molecule has 0 radical (unpaired) electrons. The van der Waals surface area contributed by atoms with Gasteiger partial charge >= 0.3 is 0 Å². The van der Waals surface area contributed by atoms with Crippen molar-refractivity contribution in [2.24, 2.45) is 0 Å². The molecule has 3 rings (SSSR count). The molecule has 1 N–H and O–H groups in total. The van der Waals surface area contributed by atoms with Crippen LogP contribution in [-0.4, -0.2) is 25.5 Å². The summed E-state index contributed by atoms with van der Waals surface area (Å²) >= 11 is 6.05. The number of amides is 1. The van der Waals surface area contributed by atoms with Crippen LogP contribution in [0.15, 0.2) is 42.7 Å². The molecule has 2 aromatic heterocycles. The molecule has 2 heterocycles. The number of nitrogens with zero attached hydrogens (tertiary/aromatic N) is 4. The monoisotopic (exact) mass is 383 g/mol. The predicted octanol–water partition coefficient (Wildman–Crippen LogP) is 4.07. The molecule has 0 unspecified atom stereocenters. The van der Waals surface area contributed by atoms with E-state index in [4.69, 9.17) is 11.6 Å². The first-order valence-corrected chi connectivity index (χ1v) is 9.14. The van der Waals surface area contributed by atoms with Crippen LogP contribution >= 0.6 is 11.6 Å². The van der Waals surface area contributed by atoms with E-state index in [1.54, 1.807) is 12.3 Å². The van der Waals surface area contributed by atoms with Gasteiger partial charge in [-0.2, -0.15) is 10.2 Å². The van der Waals surface area contributed by atoms with Crippen molar-refractivity contribution in [3.05, 3.63) is 70.3 Å². The maximum atomic E-state index is 12.3. The SMILES string of the molecule is CCn1cc(/C=C/C(=O)Nc2c(C)nn(Cc3cccc(Cl)c3)c2C)cn1. The summed E-state index contributed by atoms with van der Waals surface area (Å²) in [6.07, 6.45) is 6.87. The number of carbonyl (C=O) groups excluding carboxylic acids is 1. The molecule has 3 aromatic rings. The maximum Gasteiger partial charge on any atom is 0.248 e. The molecule has 1 aromatic carbocycles. The molecule has 0 aliphatic carbocycles. The van der Waals surface area contributed by atoms with Crippen LogP contribution in [-0.2, 0) is 17.9 Å². The molecule has 6 nitrogen and oxygen atoms in total. The minimum absolute atomic E-state index is 0.201. The van der Waals surface area contributed by atoms with E-state index in [0.29, 0.717) is 11.6 Å². The van der Waals surface area contributed by atoms with E-state index < -0.39 is 0 Å². The van der Waals surface area contributed by atoms with Gasteiger partial charge in [-0.05, 0) is 44.5 Å². The molecule has 0 saturated carbocycles. The number of hydrogen-bond acceptors (Lipinski definition) is 3. The number of aromatic nitrogens is 4. The fourth-order valence-electron chi connectivity index (χ4n) is 2.82. The Morgan fingerprint density at radius 1 is 1.33 bits per heavy atom. The molecule has 7 heteroatoms. The lowest BCUT2D eigenvalue weighted by molar-refractivity contribution is -0.111. The smallest absolute Gasteiger partial charge is 0.248 e. The fourth-order valence-corrected chi connectivity index (χ4v) is 3.03. The van der Waals surface area contributed by atoms with Crippen LogP contribution < -0.4 is 5.32 Å². The van der Waals surface area contributed by atoms with E-state index in [1.165, 1.54) is 6.08 Å². The molecule has 140 valence electrons. The molecule has 0 aliphatic rings. The summed E-state index contributed by atoms with van der Waals surface area (Å²) < 4.78 is 3.68. The normalized spacial score (nSPS) is 11.3. The van der Waals surface area contributed by atoms with Crippen LogP contribution in [0.5, 0.6) is 0 Å². The number of anilines is 1. The third-order valence-corrected chi connectivity index (χ3v) is 4.49. The van der Waals surface area contributed by atoms with Crippen molar-refractivity contribution in [1.82, 2.24) is 19.6 Å². The van der Waals surface area contributed by atoms with E-state index in [0.717, 1.165) is 34.7 Å². The number of hydrogen-bond donors (Lipinski definition) is 1. The molecule has 0 aliphatic heterocycles. The zero-order valence-corrected chi connectivity index (χ0v) is 16.4. The highest BCUT2D eigenvalue weighted by atomic mass is 35.5. The molecular weight excluding hydrogens is 362 g/mol. The lowest BCUT2D eigenvalue weighted by Gasteiger charge is -2.06. The van der Waals surface area contributed by atoms with Gasteiger partial charge in [0.2, 0.25) is 5.91 Å². The van der Waals surface area contributed by atoms with Crippen molar-refractivity contribution in [2.75, 3.05) is 5.32 Å². The Labute approximate surface area is 163 Å². The number of benzene rings is 1. The van der Waals surface area contributed by atoms with Gasteiger partial charge in [-0.3, -0.25) is 14.2 Å². The molecule has 1 amide bonds. The molecular formula is C20H22ClN5O. The summed E-state index contributed by atoms with van der Waals surface area (Å²) in [6, 6.07) is 7.67. The summed E-state index contributed by atoms with van der Waals surface area (Å²) in [6.45, 7) is 7.22. The van der Waals surface area contributed by atoms with Gasteiger partial charge in [-0.1, -0.05) is 23.7 Å². The second kappa shape index (κ2) is 8.22. The Morgan fingerprint density at radius 3 is 2.85 bits per heavy atom. The fraction of sp³-hybridized carbons (Fsp3) is 0.250. The number of nitrogens with one attached hydrogen (secondary N) is 1. The highest BCUT2D eigenvalue weighted by molar-refractivity contribution is 6.30. The van der Waals surface area contributed by atoms with Crippen LogP contribution in [0.2, 0.25) is 5.02 Å². The van der Waals surface area contributed by atoms with Gasteiger partial charge in [-0.25, -0.2) is 0 Å². The molecule has 27 heavy (non-hydrogen) atoms. The summed E-state index contributed by atoms with van der Waals surface area (Å²) in [7, 11) is 0. The Morgan fingerprint density at radius 2 is 2.15 bits per heavy atom. The highest BCUT2D eigenvalue weighted by Crippen LogP contribution is 2.21. The third kappa shape index (κ3) is 4.65. The maximum absolute atomic E-state index is 12.3. The van der Waals surface area contributed by atoms with Crippen LogP contribution in [0.1, 0.15) is 29.4 Å². The quantitative estimate of drug-likeness (QED) is 0.652. The second-order valence-electron chi connectivity index (χ2n) is 6.29. The van der Waals surface area contributed by atoms with E-state index in [2.05, 4.69) is 15.5 Å². The molecule has 0 saturated heterocycles. The van der Waals surface area contributed by atoms with E-state index in [9.17, 15) is 4.79 Å². The van der Waals surface area contributed by atoms with Gasteiger partial charge < -0.3 is 5.32 Å². The van der Waals surface area contributed by atoms with Gasteiger partial charge in [0.15, 0.2) is 0 Å². The lowest BCUT2D eigenvalue weighted by atomic mass is 10.2. The molecule has 0 bridgehead atoms. The summed E-state index contributed by atoms with van der Waals surface area (Å²) in [4.78, 5) is 12.3. The Bertz CT molecular complexity index is 986. The van der Waals surface area contributed by atoms with Crippen molar-refractivity contribution >= 4 is 29.3 Å². The first kappa shape index (κ1) is 18.9. The van der Waals surface area contributed by atoms with Crippen molar-refractivity contribution in [3.8, 4) is 0 Å². The molecule has 0 spiro atoms. The van der Waals surface area contributed by atoms with Gasteiger partial charge in [0.1, 0.15) is 0 Å². The van der Waals surface area contributed by atoms with Crippen molar-refractivity contribution in [3.63, 3.8) is 0 Å². The Balaban J connectivity index is 1.71. The van der Waals surface area contributed by atoms with E-state index >= 15 is 0 Å². The van der Waals surface area contributed by atoms with Crippen molar-refractivity contribution < 1.29 is 4.79 Å². The lowest BCUT2D eigenvalue weighted by Crippen LogP contribution is -2.10. The Kier molecular flexibility index (Phi) is 5.76. The number of rotatable bonds is 6. The summed E-state index contributed by atoms with van der Waals surface area (Å²) in [5.74, 6) is -0.201. The topological polar surface area (TPSA) is 64.7 Å². The van der Waals surface area contributed by atoms with E-state index in [-0.39, 0.29) is 5.91 Å².